The van der Waals surface area contributed by atoms with Gasteiger partial charge in [-0.25, -0.2) is 4.79 Å². The van der Waals surface area contributed by atoms with E-state index in [4.69, 9.17) is 4.74 Å². The third kappa shape index (κ3) is 6.59. The average molecular weight is 386 g/mol. The molecule has 2 rings (SSSR count). The van der Waals surface area contributed by atoms with Gasteiger partial charge in [-0.15, -0.1) is 11.8 Å². The van der Waals surface area contributed by atoms with Gasteiger partial charge in [0.25, 0.3) is 11.6 Å². The molecule has 2 aromatic rings. The van der Waals surface area contributed by atoms with Crippen molar-refractivity contribution in [2.45, 2.75) is 11.8 Å². The Morgan fingerprint density at radius 3 is 2.41 bits per heavy atom. The summed E-state index contributed by atoms with van der Waals surface area (Å²) in [5.74, 6) is -0.0853. The van der Waals surface area contributed by atoms with Crippen LogP contribution >= 0.6 is 11.8 Å². The van der Waals surface area contributed by atoms with Crippen LogP contribution in [0, 0.1) is 10.1 Å². The molecule has 0 aliphatic carbocycles. The summed E-state index contributed by atoms with van der Waals surface area (Å²) in [6, 6.07) is 12.6. The minimum absolute atomic E-state index is 0.0649. The number of anilines is 1. The Hall–Kier alpha value is -3.13. The van der Waals surface area contributed by atoms with Crippen LogP contribution in [0.5, 0.6) is 0 Å². The number of nitrogens with zero attached hydrogens (tertiary/aromatic N) is 1. The van der Waals surface area contributed by atoms with Crippen LogP contribution < -0.4 is 5.32 Å². The Labute approximate surface area is 160 Å². The highest BCUT2D eigenvalue weighted by molar-refractivity contribution is 7.99. The van der Waals surface area contributed by atoms with Crippen LogP contribution in [-0.4, -0.2) is 29.2 Å². The summed E-state index contributed by atoms with van der Waals surface area (Å²) in [6.45, 7) is 2.10. The third-order valence-electron chi connectivity index (χ3n) is 3.34. The van der Waals surface area contributed by atoms with Gasteiger partial charge in [0, 0.05) is 40.1 Å². The Morgan fingerprint density at radius 2 is 1.81 bits per heavy atom. The van der Waals surface area contributed by atoms with Crippen LogP contribution in [0.25, 0.3) is 0 Å². The third-order valence-corrected chi connectivity index (χ3v) is 4.30. The van der Waals surface area contributed by atoms with Crippen molar-refractivity contribution in [2.24, 2.45) is 0 Å². The number of ether oxygens (including phenoxy) is 1. The molecule has 0 atom stereocenters. The van der Waals surface area contributed by atoms with Gasteiger partial charge in [-0.3, -0.25) is 14.9 Å². The zero-order valence-electron chi connectivity index (χ0n) is 14.6. The number of nitro groups is 1. The highest BCUT2D eigenvalue weighted by Crippen LogP contribution is 2.21. The van der Waals surface area contributed by atoms with E-state index in [-0.39, 0.29) is 17.6 Å². The number of nitrogens with one attached hydrogen (secondary N) is 1. The van der Waals surface area contributed by atoms with Crippen LogP contribution in [0.15, 0.2) is 65.6 Å². The van der Waals surface area contributed by atoms with Crippen molar-refractivity contribution < 1.29 is 19.2 Å². The zero-order chi connectivity index (χ0) is 19.6. The predicted octanol–water partition coefficient (Wildman–Crippen LogP) is 4.06. The number of nitro benzene ring substituents is 1. The molecule has 0 saturated heterocycles. The summed E-state index contributed by atoms with van der Waals surface area (Å²) in [5.41, 5.74) is 0.887. The molecule has 0 aromatic heterocycles. The van der Waals surface area contributed by atoms with Crippen LogP contribution in [0.1, 0.15) is 17.3 Å². The second kappa shape index (κ2) is 10.1. The number of non-ortho nitro benzene ring substituents is 1. The number of thioether (sulfide) groups is 1. The second-order valence-electron chi connectivity index (χ2n) is 5.25. The molecule has 0 radical (unpaired) electrons. The number of hydrogen-bond acceptors (Lipinski definition) is 6. The van der Waals surface area contributed by atoms with Crippen LogP contribution in [-0.2, 0) is 9.53 Å². The zero-order valence-corrected chi connectivity index (χ0v) is 15.4. The molecule has 0 unspecified atom stereocenters. The highest BCUT2D eigenvalue weighted by atomic mass is 32.2. The lowest BCUT2D eigenvalue weighted by atomic mass is 10.2. The number of carbonyl (C=O) groups is 2. The number of carbonyl (C=O) groups excluding carboxylic acids is 2. The minimum Gasteiger partial charge on any atom is -0.463 e. The Balaban J connectivity index is 1.86. The molecule has 0 aliphatic rings. The smallest absolute Gasteiger partial charge is 0.330 e. The maximum Gasteiger partial charge on any atom is 0.330 e. The quantitative estimate of drug-likeness (QED) is 0.241. The van der Waals surface area contributed by atoms with Gasteiger partial charge in [-0.1, -0.05) is 6.08 Å². The molecular weight excluding hydrogens is 368 g/mol. The lowest BCUT2D eigenvalue weighted by Crippen LogP contribution is -2.11. The average Bonchev–Trinajstić information content (AvgIpc) is 2.67. The van der Waals surface area contributed by atoms with Gasteiger partial charge in [0.1, 0.15) is 0 Å². The maximum atomic E-state index is 12.2. The molecule has 0 heterocycles. The molecule has 140 valence electrons. The van der Waals surface area contributed by atoms with Crippen molar-refractivity contribution in [3.63, 3.8) is 0 Å². The van der Waals surface area contributed by atoms with Crippen molar-refractivity contribution in [1.29, 1.82) is 0 Å². The Bertz CT molecular complexity index is 832. The van der Waals surface area contributed by atoms with Crippen LogP contribution in [0.4, 0.5) is 11.4 Å². The fourth-order valence-electron chi connectivity index (χ4n) is 2.05. The predicted molar refractivity (Wildman–Crippen MR) is 104 cm³/mol. The minimum atomic E-state index is -0.514. The summed E-state index contributed by atoms with van der Waals surface area (Å²) in [5, 5.41) is 13.4. The second-order valence-corrected chi connectivity index (χ2v) is 6.34. The van der Waals surface area contributed by atoms with Crippen LogP contribution in [0.2, 0.25) is 0 Å². The number of hydrogen-bond donors (Lipinski definition) is 1. The van der Waals surface area contributed by atoms with Crippen molar-refractivity contribution in [2.75, 3.05) is 17.7 Å². The molecule has 1 amide bonds. The summed E-state index contributed by atoms with van der Waals surface area (Å²) < 4.78 is 4.79. The van der Waals surface area contributed by atoms with Crippen molar-refractivity contribution in [3.8, 4) is 0 Å². The molecule has 0 fully saturated rings. The molecule has 2 aromatic carbocycles. The van der Waals surface area contributed by atoms with E-state index in [0.29, 0.717) is 23.6 Å². The van der Waals surface area contributed by atoms with Crippen molar-refractivity contribution in [3.05, 3.63) is 76.4 Å². The van der Waals surface area contributed by atoms with Gasteiger partial charge in [0.2, 0.25) is 0 Å². The van der Waals surface area contributed by atoms with E-state index in [1.165, 1.54) is 42.1 Å². The maximum absolute atomic E-state index is 12.2. The van der Waals surface area contributed by atoms with Crippen LogP contribution in [0.3, 0.4) is 0 Å². The summed E-state index contributed by atoms with van der Waals surface area (Å²) in [4.78, 5) is 34.5. The topological polar surface area (TPSA) is 98.5 Å². The summed E-state index contributed by atoms with van der Waals surface area (Å²) >= 11 is 1.54. The normalized spacial score (nSPS) is 10.6. The van der Waals surface area contributed by atoms with E-state index in [2.05, 4.69) is 5.32 Å². The van der Waals surface area contributed by atoms with E-state index in [9.17, 15) is 19.7 Å². The van der Waals surface area contributed by atoms with E-state index < -0.39 is 4.92 Å². The van der Waals surface area contributed by atoms with Gasteiger partial charge in [-0.2, -0.15) is 0 Å². The first-order valence-electron chi connectivity index (χ1n) is 8.11. The number of benzene rings is 2. The van der Waals surface area contributed by atoms with E-state index in [1.807, 2.05) is 12.1 Å². The fraction of sp³-hybridized carbons (Fsp3) is 0.158. The van der Waals surface area contributed by atoms with E-state index in [1.54, 1.807) is 25.1 Å². The highest BCUT2D eigenvalue weighted by Gasteiger charge is 2.09. The fourth-order valence-corrected chi connectivity index (χ4v) is 2.76. The number of amides is 1. The molecule has 0 aliphatic heterocycles. The molecule has 0 saturated carbocycles. The molecule has 1 N–H and O–H groups in total. The van der Waals surface area contributed by atoms with Crippen molar-refractivity contribution >= 4 is 35.0 Å². The molecule has 27 heavy (non-hydrogen) atoms. The first-order valence-corrected chi connectivity index (χ1v) is 9.10. The molecule has 0 bridgehead atoms. The Morgan fingerprint density at radius 1 is 1.15 bits per heavy atom. The van der Waals surface area contributed by atoms with Crippen molar-refractivity contribution in [1.82, 2.24) is 0 Å². The first kappa shape index (κ1) is 20.2. The van der Waals surface area contributed by atoms with Gasteiger partial charge < -0.3 is 10.1 Å². The standard InChI is InChI=1S/C19H18N2O5S/c1-2-26-18(22)4-3-13-27-17-11-7-15(8-12-17)20-19(23)14-5-9-16(10-6-14)21(24)25/h3-12H,2,13H2,1H3,(H,20,23)/b4-3+. The molecular formula is C19H18N2O5S. The molecule has 0 spiro atoms. The summed E-state index contributed by atoms with van der Waals surface area (Å²) in [7, 11) is 0. The lowest BCUT2D eigenvalue weighted by Gasteiger charge is -2.06. The number of esters is 1. The molecule has 7 nitrogen and oxygen atoms in total. The van der Waals surface area contributed by atoms with Gasteiger partial charge >= 0.3 is 5.97 Å². The monoisotopic (exact) mass is 386 g/mol. The lowest BCUT2D eigenvalue weighted by molar-refractivity contribution is -0.384. The SMILES string of the molecule is CCOC(=O)/C=C/CSc1ccc(NC(=O)c2ccc([N+](=O)[O-])cc2)cc1. The first-order chi connectivity index (χ1) is 13.0. The number of rotatable bonds is 8. The van der Waals surface area contributed by atoms with Gasteiger partial charge in [0.15, 0.2) is 0 Å². The Kier molecular flexibility index (Phi) is 7.57. The largest absolute Gasteiger partial charge is 0.463 e. The van der Waals surface area contributed by atoms with E-state index >= 15 is 0 Å². The van der Waals surface area contributed by atoms with Gasteiger partial charge in [0.05, 0.1) is 11.5 Å². The summed E-state index contributed by atoms with van der Waals surface area (Å²) in [6.07, 6.45) is 3.13. The van der Waals surface area contributed by atoms with E-state index in [0.717, 1.165) is 4.90 Å². The molecule has 8 heteroatoms. The van der Waals surface area contributed by atoms with Gasteiger partial charge in [-0.05, 0) is 43.3 Å².